The Hall–Kier alpha value is -0.580. The predicted molar refractivity (Wildman–Crippen MR) is 88.3 cm³/mol. The van der Waals surface area contributed by atoms with Crippen molar-refractivity contribution in [3.8, 4) is 0 Å². The molecule has 0 aliphatic carbocycles. The van der Waals surface area contributed by atoms with Crippen LogP contribution in [0.3, 0.4) is 0 Å². The molecule has 1 aromatic rings. The van der Waals surface area contributed by atoms with Crippen LogP contribution in [0.4, 0.5) is 5.69 Å². The smallest absolute Gasteiger partial charge is 0.0723 e. The summed E-state index contributed by atoms with van der Waals surface area (Å²) in [6.45, 7) is 8.22. The molecule has 2 N–H and O–H groups in total. The van der Waals surface area contributed by atoms with Gasteiger partial charge >= 0.3 is 0 Å². The topological polar surface area (TPSA) is 38.5 Å². The van der Waals surface area contributed by atoms with Crippen molar-refractivity contribution in [1.82, 2.24) is 0 Å². The molecule has 3 unspecified atom stereocenters. The second-order valence-electron chi connectivity index (χ2n) is 5.79. The SMILES string of the molecule is CCC(N)Cc1cc(Br)ccc1N1CC(C)OCC1C. The fourth-order valence-corrected chi connectivity index (χ4v) is 3.07. The molecule has 1 heterocycles. The lowest BCUT2D eigenvalue weighted by molar-refractivity contribution is 0.0343. The summed E-state index contributed by atoms with van der Waals surface area (Å²) in [5, 5.41) is 0. The van der Waals surface area contributed by atoms with Crippen molar-refractivity contribution in [1.29, 1.82) is 0 Å². The number of anilines is 1. The third-order valence-electron chi connectivity index (χ3n) is 3.97. The molecule has 1 aliphatic heterocycles. The van der Waals surface area contributed by atoms with Crippen molar-refractivity contribution in [2.75, 3.05) is 18.1 Å². The minimum atomic E-state index is 0.219. The molecule has 0 radical (unpaired) electrons. The van der Waals surface area contributed by atoms with Crippen LogP contribution >= 0.6 is 15.9 Å². The highest BCUT2D eigenvalue weighted by Crippen LogP contribution is 2.29. The lowest BCUT2D eigenvalue weighted by atomic mass is 10.0. The average molecular weight is 341 g/mol. The van der Waals surface area contributed by atoms with Crippen molar-refractivity contribution < 1.29 is 4.74 Å². The van der Waals surface area contributed by atoms with Gasteiger partial charge in [0.15, 0.2) is 0 Å². The number of hydrogen-bond acceptors (Lipinski definition) is 3. The van der Waals surface area contributed by atoms with Crippen LogP contribution in [0.25, 0.3) is 0 Å². The van der Waals surface area contributed by atoms with E-state index in [4.69, 9.17) is 10.5 Å². The van der Waals surface area contributed by atoms with Gasteiger partial charge in [0, 0.05) is 28.8 Å². The Morgan fingerprint density at radius 3 is 2.90 bits per heavy atom. The number of morpholine rings is 1. The second-order valence-corrected chi connectivity index (χ2v) is 6.71. The molecule has 1 aliphatic rings. The van der Waals surface area contributed by atoms with Crippen molar-refractivity contribution in [2.24, 2.45) is 5.73 Å². The van der Waals surface area contributed by atoms with Crippen LogP contribution in [0.15, 0.2) is 22.7 Å². The monoisotopic (exact) mass is 340 g/mol. The zero-order valence-corrected chi connectivity index (χ0v) is 14.2. The van der Waals surface area contributed by atoms with Gasteiger partial charge in [-0.05, 0) is 50.5 Å². The molecular weight excluding hydrogens is 316 g/mol. The molecule has 1 saturated heterocycles. The fraction of sp³-hybridized carbons (Fsp3) is 0.625. The van der Waals surface area contributed by atoms with Gasteiger partial charge in [0.25, 0.3) is 0 Å². The maximum absolute atomic E-state index is 6.16. The van der Waals surface area contributed by atoms with Crippen LogP contribution in [-0.4, -0.2) is 31.3 Å². The van der Waals surface area contributed by atoms with E-state index in [1.165, 1.54) is 11.3 Å². The summed E-state index contributed by atoms with van der Waals surface area (Å²) in [6, 6.07) is 7.15. The first-order valence-electron chi connectivity index (χ1n) is 7.43. The molecule has 2 rings (SSSR count). The van der Waals surface area contributed by atoms with Gasteiger partial charge in [-0.2, -0.15) is 0 Å². The largest absolute Gasteiger partial charge is 0.375 e. The number of benzene rings is 1. The second kappa shape index (κ2) is 6.92. The van der Waals surface area contributed by atoms with Crippen LogP contribution in [0.5, 0.6) is 0 Å². The third kappa shape index (κ3) is 3.74. The quantitative estimate of drug-likeness (QED) is 0.913. The number of nitrogens with zero attached hydrogens (tertiary/aromatic N) is 1. The first kappa shape index (κ1) is 15.8. The summed E-state index contributed by atoms with van der Waals surface area (Å²) in [7, 11) is 0. The molecule has 1 aromatic carbocycles. The summed E-state index contributed by atoms with van der Waals surface area (Å²) in [6.07, 6.45) is 2.20. The van der Waals surface area contributed by atoms with Gasteiger partial charge in [-0.1, -0.05) is 22.9 Å². The van der Waals surface area contributed by atoms with Gasteiger partial charge in [0.1, 0.15) is 0 Å². The average Bonchev–Trinajstić information content (AvgIpc) is 2.42. The maximum atomic E-state index is 6.16. The minimum absolute atomic E-state index is 0.219. The first-order chi connectivity index (χ1) is 9.51. The van der Waals surface area contributed by atoms with Crippen LogP contribution in [0.1, 0.15) is 32.8 Å². The maximum Gasteiger partial charge on any atom is 0.0723 e. The number of nitrogens with two attached hydrogens (primary N) is 1. The highest BCUT2D eigenvalue weighted by Gasteiger charge is 2.25. The molecule has 112 valence electrons. The van der Waals surface area contributed by atoms with E-state index >= 15 is 0 Å². The third-order valence-corrected chi connectivity index (χ3v) is 4.46. The van der Waals surface area contributed by atoms with E-state index in [1.54, 1.807) is 0 Å². The van der Waals surface area contributed by atoms with Crippen LogP contribution < -0.4 is 10.6 Å². The van der Waals surface area contributed by atoms with Crippen molar-refractivity contribution in [3.63, 3.8) is 0 Å². The molecule has 0 amide bonds. The summed E-state index contributed by atoms with van der Waals surface area (Å²) < 4.78 is 6.85. The first-order valence-corrected chi connectivity index (χ1v) is 8.22. The van der Waals surface area contributed by atoms with E-state index in [2.05, 4.69) is 59.8 Å². The van der Waals surface area contributed by atoms with Crippen LogP contribution in [0.2, 0.25) is 0 Å². The zero-order chi connectivity index (χ0) is 14.7. The zero-order valence-electron chi connectivity index (χ0n) is 12.6. The van der Waals surface area contributed by atoms with Gasteiger partial charge in [0.05, 0.1) is 12.7 Å². The van der Waals surface area contributed by atoms with E-state index in [1.807, 2.05) is 0 Å². The number of rotatable bonds is 4. The van der Waals surface area contributed by atoms with E-state index in [0.29, 0.717) is 6.04 Å². The molecular formula is C16H25BrN2O. The lowest BCUT2D eigenvalue weighted by Crippen LogP contribution is -2.48. The summed E-state index contributed by atoms with van der Waals surface area (Å²) >= 11 is 3.58. The molecule has 3 nitrogen and oxygen atoms in total. The predicted octanol–water partition coefficient (Wildman–Crippen LogP) is 3.34. The van der Waals surface area contributed by atoms with E-state index in [-0.39, 0.29) is 12.1 Å². The van der Waals surface area contributed by atoms with Gasteiger partial charge in [0.2, 0.25) is 0 Å². The Balaban J connectivity index is 2.29. The highest BCUT2D eigenvalue weighted by molar-refractivity contribution is 9.10. The lowest BCUT2D eigenvalue weighted by Gasteiger charge is -2.39. The molecule has 3 atom stereocenters. The molecule has 20 heavy (non-hydrogen) atoms. The molecule has 0 saturated carbocycles. The van der Waals surface area contributed by atoms with E-state index in [0.717, 1.165) is 30.5 Å². The molecule has 0 bridgehead atoms. The minimum Gasteiger partial charge on any atom is -0.375 e. The summed E-state index contributed by atoms with van der Waals surface area (Å²) in [5.74, 6) is 0. The van der Waals surface area contributed by atoms with Gasteiger partial charge in [-0.15, -0.1) is 0 Å². The van der Waals surface area contributed by atoms with Gasteiger partial charge < -0.3 is 15.4 Å². The normalized spacial score (nSPS) is 24.8. The molecule has 0 aromatic heterocycles. The molecule has 0 spiro atoms. The van der Waals surface area contributed by atoms with E-state index < -0.39 is 0 Å². The number of hydrogen-bond donors (Lipinski definition) is 1. The number of ether oxygens (including phenoxy) is 1. The Morgan fingerprint density at radius 2 is 2.20 bits per heavy atom. The fourth-order valence-electron chi connectivity index (χ4n) is 2.66. The van der Waals surface area contributed by atoms with Crippen LogP contribution in [-0.2, 0) is 11.2 Å². The van der Waals surface area contributed by atoms with Crippen molar-refractivity contribution >= 4 is 21.6 Å². The van der Waals surface area contributed by atoms with Crippen molar-refractivity contribution in [2.45, 2.75) is 51.8 Å². The number of halogens is 1. The summed E-state index contributed by atoms with van der Waals surface area (Å²) in [4.78, 5) is 2.46. The molecule has 1 fully saturated rings. The van der Waals surface area contributed by atoms with E-state index in [9.17, 15) is 0 Å². The van der Waals surface area contributed by atoms with Crippen LogP contribution in [0, 0.1) is 0 Å². The molecule has 4 heteroatoms. The summed E-state index contributed by atoms with van der Waals surface area (Å²) in [5.41, 5.74) is 8.79. The Labute approximate surface area is 130 Å². The Bertz CT molecular complexity index is 452. The highest BCUT2D eigenvalue weighted by atomic mass is 79.9. The van der Waals surface area contributed by atoms with Gasteiger partial charge in [-0.25, -0.2) is 0 Å². The Kier molecular flexibility index (Phi) is 5.47. The van der Waals surface area contributed by atoms with Gasteiger partial charge in [-0.3, -0.25) is 0 Å². The van der Waals surface area contributed by atoms with Crippen molar-refractivity contribution in [3.05, 3.63) is 28.2 Å². The Morgan fingerprint density at radius 1 is 1.45 bits per heavy atom. The standard InChI is InChI=1S/C16H25BrN2O/c1-4-15(18)8-13-7-14(17)5-6-16(13)19-9-12(3)20-10-11(19)2/h5-7,11-12,15H,4,8-10,18H2,1-3H3.